The Bertz CT molecular complexity index is 1070. The van der Waals surface area contributed by atoms with Crippen LogP contribution in [0.2, 0.25) is 0 Å². The van der Waals surface area contributed by atoms with Crippen LogP contribution in [0.4, 0.5) is 0 Å². The first kappa shape index (κ1) is 20.8. The fraction of sp³-hybridized carbons (Fsp3) is 0.458. The number of amides is 1. The molecule has 162 valence electrons. The molecule has 2 atom stereocenters. The minimum Gasteiger partial charge on any atom is -0.352 e. The van der Waals surface area contributed by atoms with E-state index in [1.807, 2.05) is 53.3 Å². The van der Waals surface area contributed by atoms with Crippen molar-refractivity contribution < 1.29 is 4.79 Å². The number of hydrogen-bond acceptors (Lipinski definition) is 5. The van der Waals surface area contributed by atoms with Gasteiger partial charge in [0, 0.05) is 18.0 Å². The lowest BCUT2D eigenvalue weighted by molar-refractivity contribution is -0.120. The van der Waals surface area contributed by atoms with E-state index in [2.05, 4.69) is 28.5 Å². The second-order valence-corrected chi connectivity index (χ2v) is 10.8. The first-order chi connectivity index (χ1) is 15.1. The number of nitrogens with one attached hydrogen (secondary N) is 1. The Morgan fingerprint density at radius 2 is 2.06 bits per heavy atom. The molecule has 2 heterocycles. The summed E-state index contributed by atoms with van der Waals surface area (Å²) in [4.78, 5) is 15.7. The molecule has 5 nitrogen and oxygen atoms in total. The Hall–Kier alpha value is -2.12. The first-order valence-electron chi connectivity index (χ1n) is 11.2. The van der Waals surface area contributed by atoms with Crippen LogP contribution >= 0.6 is 23.1 Å². The highest BCUT2D eigenvalue weighted by Crippen LogP contribution is 2.40. The van der Waals surface area contributed by atoms with Gasteiger partial charge in [0.15, 0.2) is 11.0 Å². The lowest BCUT2D eigenvalue weighted by Gasteiger charge is -2.19. The highest BCUT2D eigenvalue weighted by atomic mass is 32.2. The van der Waals surface area contributed by atoms with Crippen LogP contribution < -0.4 is 5.32 Å². The average molecular weight is 453 g/mol. The Morgan fingerprint density at radius 1 is 1.26 bits per heavy atom. The van der Waals surface area contributed by atoms with Crippen LogP contribution in [-0.2, 0) is 24.7 Å². The van der Waals surface area contributed by atoms with Crippen LogP contribution in [0, 0.1) is 5.92 Å². The second-order valence-electron chi connectivity index (χ2n) is 8.63. The highest BCUT2D eigenvalue weighted by molar-refractivity contribution is 8.00. The molecule has 5 rings (SSSR count). The maximum absolute atomic E-state index is 13.0. The van der Waals surface area contributed by atoms with E-state index in [0.717, 1.165) is 35.3 Å². The molecule has 7 heteroatoms. The van der Waals surface area contributed by atoms with Crippen molar-refractivity contribution in [1.29, 1.82) is 0 Å². The van der Waals surface area contributed by atoms with Crippen molar-refractivity contribution in [3.63, 3.8) is 0 Å². The highest BCUT2D eigenvalue weighted by Gasteiger charge is 2.31. The molecule has 0 aliphatic heterocycles. The maximum atomic E-state index is 13.0. The number of rotatable bonds is 7. The largest absolute Gasteiger partial charge is 0.352 e. The molecular weight excluding hydrogens is 424 g/mol. The number of fused-ring (bicyclic) bond motifs is 1. The van der Waals surface area contributed by atoms with Gasteiger partial charge in [0.05, 0.1) is 4.88 Å². The van der Waals surface area contributed by atoms with E-state index in [-0.39, 0.29) is 11.2 Å². The minimum atomic E-state index is -0.334. The third-order valence-electron chi connectivity index (χ3n) is 6.30. The Kier molecular flexibility index (Phi) is 5.89. The molecule has 0 radical (unpaired) electrons. The van der Waals surface area contributed by atoms with Gasteiger partial charge in [-0.15, -0.1) is 21.5 Å². The summed E-state index contributed by atoms with van der Waals surface area (Å²) < 4.78 is 2.04. The number of carbonyl (C=O) groups is 1. The topological polar surface area (TPSA) is 59.8 Å². The monoisotopic (exact) mass is 452 g/mol. The minimum absolute atomic E-state index is 0.0560. The summed E-state index contributed by atoms with van der Waals surface area (Å²) >= 11 is 3.34. The van der Waals surface area contributed by atoms with Gasteiger partial charge in [-0.25, -0.2) is 0 Å². The van der Waals surface area contributed by atoms with Gasteiger partial charge in [-0.2, -0.15) is 0 Å². The maximum Gasteiger partial charge on any atom is 0.238 e. The summed E-state index contributed by atoms with van der Waals surface area (Å²) in [6.45, 7) is 2.29. The molecule has 1 saturated carbocycles. The third kappa shape index (κ3) is 4.44. The predicted molar refractivity (Wildman–Crippen MR) is 126 cm³/mol. The van der Waals surface area contributed by atoms with Gasteiger partial charge in [0.25, 0.3) is 0 Å². The SMILES string of the molecule is CC[C@H]1CCc2sc(-c3nnc(S[C@@H](C(=O)NC4CC4)c4ccccc4)n3C)cc2C1. The lowest BCUT2D eigenvalue weighted by Crippen LogP contribution is -2.29. The fourth-order valence-corrected chi connectivity index (χ4v) is 6.44. The van der Waals surface area contributed by atoms with Crippen molar-refractivity contribution in [2.75, 3.05) is 0 Å². The summed E-state index contributed by atoms with van der Waals surface area (Å²) in [6.07, 6.45) is 7.05. The van der Waals surface area contributed by atoms with Gasteiger partial charge >= 0.3 is 0 Å². The van der Waals surface area contributed by atoms with Crippen LogP contribution in [0.1, 0.15) is 53.9 Å². The molecule has 1 amide bonds. The molecule has 3 aromatic rings. The molecule has 0 spiro atoms. The van der Waals surface area contributed by atoms with Crippen molar-refractivity contribution in [3.8, 4) is 10.7 Å². The molecule has 0 unspecified atom stereocenters. The van der Waals surface area contributed by atoms with Crippen LogP contribution in [0.25, 0.3) is 10.7 Å². The van der Waals surface area contributed by atoms with Gasteiger partial charge in [-0.1, -0.05) is 55.4 Å². The molecule has 0 bridgehead atoms. The molecule has 31 heavy (non-hydrogen) atoms. The van der Waals surface area contributed by atoms with Crippen LogP contribution in [0.5, 0.6) is 0 Å². The van der Waals surface area contributed by atoms with E-state index in [1.54, 1.807) is 0 Å². The van der Waals surface area contributed by atoms with Crippen molar-refractivity contribution in [2.45, 2.75) is 61.9 Å². The van der Waals surface area contributed by atoms with E-state index in [1.165, 1.54) is 52.8 Å². The van der Waals surface area contributed by atoms with Gasteiger partial charge in [-0.3, -0.25) is 4.79 Å². The number of hydrogen-bond donors (Lipinski definition) is 1. The van der Waals surface area contributed by atoms with Crippen molar-refractivity contribution >= 4 is 29.0 Å². The van der Waals surface area contributed by atoms with Crippen molar-refractivity contribution in [3.05, 3.63) is 52.4 Å². The third-order valence-corrected chi connectivity index (χ3v) is 8.83. The van der Waals surface area contributed by atoms with Gasteiger partial charge in [0.2, 0.25) is 5.91 Å². The summed E-state index contributed by atoms with van der Waals surface area (Å²) in [5, 5.41) is 12.6. The summed E-state index contributed by atoms with van der Waals surface area (Å²) in [5.41, 5.74) is 2.48. The zero-order valence-corrected chi connectivity index (χ0v) is 19.6. The zero-order chi connectivity index (χ0) is 21.4. The van der Waals surface area contributed by atoms with Crippen molar-refractivity contribution in [2.24, 2.45) is 13.0 Å². The molecule has 2 aliphatic rings. The number of carbonyl (C=O) groups excluding carboxylic acids is 1. The number of aromatic nitrogens is 3. The number of benzene rings is 1. The number of aryl methyl sites for hydroxylation is 1. The quantitative estimate of drug-likeness (QED) is 0.503. The van der Waals surface area contributed by atoms with Crippen LogP contribution in [0.3, 0.4) is 0 Å². The van der Waals surface area contributed by atoms with E-state index in [9.17, 15) is 4.79 Å². The van der Waals surface area contributed by atoms with Gasteiger partial charge in [0.1, 0.15) is 5.25 Å². The Labute approximate surface area is 191 Å². The van der Waals surface area contributed by atoms with E-state index in [4.69, 9.17) is 0 Å². The molecular formula is C24H28N4OS2. The normalized spacial score (nSPS) is 19.1. The van der Waals surface area contributed by atoms with Gasteiger partial charge in [-0.05, 0) is 55.2 Å². The summed E-state index contributed by atoms with van der Waals surface area (Å²) in [7, 11) is 2.01. The van der Waals surface area contributed by atoms with E-state index >= 15 is 0 Å². The number of thioether (sulfide) groups is 1. The molecule has 1 N–H and O–H groups in total. The summed E-state index contributed by atoms with van der Waals surface area (Å²) in [6, 6.07) is 12.6. The van der Waals surface area contributed by atoms with Crippen LogP contribution in [-0.4, -0.2) is 26.7 Å². The Balaban J connectivity index is 1.40. The smallest absolute Gasteiger partial charge is 0.238 e. The van der Waals surface area contributed by atoms with Crippen molar-refractivity contribution in [1.82, 2.24) is 20.1 Å². The van der Waals surface area contributed by atoms with Crippen LogP contribution in [0.15, 0.2) is 41.6 Å². The number of thiophene rings is 1. The van der Waals surface area contributed by atoms with Gasteiger partial charge < -0.3 is 9.88 Å². The zero-order valence-electron chi connectivity index (χ0n) is 18.0. The van der Waals surface area contributed by atoms with E-state index < -0.39 is 0 Å². The molecule has 2 aliphatic carbocycles. The molecule has 1 aromatic carbocycles. The van der Waals surface area contributed by atoms with E-state index in [0.29, 0.717) is 6.04 Å². The number of nitrogens with zero attached hydrogens (tertiary/aromatic N) is 3. The fourth-order valence-electron chi connectivity index (χ4n) is 4.20. The molecule has 1 fully saturated rings. The lowest BCUT2D eigenvalue weighted by atomic mass is 9.87. The second kappa shape index (κ2) is 8.79. The predicted octanol–water partition coefficient (Wildman–Crippen LogP) is 5.17. The Morgan fingerprint density at radius 3 is 2.81 bits per heavy atom. The average Bonchev–Trinajstić information content (AvgIpc) is 3.38. The molecule has 2 aromatic heterocycles. The summed E-state index contributed by atoms with van der Waals surface area (Å²) in [5.74, 6) is 1.75. The molecule has 0 saturated heterocycles. The first-order valence-corrected chi connectivity index (χ1v) is 12.8. The standard InChI is InChI=1S/C24H28N4OS2/c1-3-15-9-12-19-17(13-15)14-20(30-19)22-26-27-24(28(22)2)31-21(16-7-5-4-6-8-16)23(29)25-18-10-11-18/h4-8,14-15,18,21H,3,9-13H2,1-2H3,(H,25,29)/t15-,21+/m0/s1.